The number of anilines is 1. The van der Waals surface area contributed by atoms with Gasteiger partial charge in [-0.3, -0.25) is 0 Å². The summed E-state index contributed by atoms with van der Waals surface area (Å²) in [5, 5.41) is 0.883. The Labute approximate surface area is 186 Å². The molecular weight excluding hydrogens is 404 g/mol. The van der Waals surface area contributed by atoms with Crippen molar-refractivity contribution in [3.05, 3.63) is 54.4 Å². The molecule has 0 spiro atoms. The first-order valence-electron chi connectivity index (χ1n) is 11.2. The molecule has 2 aliphatic rings. The molecule has 4 aromatic rings. The Hall–Kier alpha value is -2.97. The largest absolute Gasteiger partial charge is 0.383 e. The summed E-state index contributed by atoms with van der Waals surface area (Å²) in [6.45, 7) is 6.03. The Kier molecular flexibility index (Phi) is 4.32. The van der Waals surface area contributed by atoms with E-state index in [-0.39, 0.29) is 18.2 Å². The third-order valence-electron chi connectivity index (χ3n) is 6.90. The van der Waals surface area contributed by atoms with E-state index in [9.17, 15) is 0 Å². The lowest BCUT2D eigenvalue weighted by Gasteiger charge is -2.24. The molecule has 2 fully saturated rings. The maximum Gasteiger partial charge on any atom is 0.163 e. The van der Waals surface area contributed by atoms with Crippen molar-refractivity contribution in [3.63, 3.8) is 0 Å². The molecule has 0 unspecified atom stereocenters. The number of rotatable bonds is 4. The third kappa shape index (κ3) is 3.17. The van der Waals surface area contributed by atoms with Gasteiger partial charge in [-0.15, -0.1) is 0 Å². The minimum Gasteiger partial charge on any atom is -0.383 e. The van der Waals surface area contributed by atoms with Gasteiger partial charge in [-0.2, -0.15) is 0 Å². The number of hydrogen-bond acceptors (Lipinski definition) is 6. The number of imidazole rings is 1. The molecule has 0 radical (unpaired) electrons. The van der Waals surface area contributed by atoms with Crippen LogP contribution < -0.4 is 5.73 Å². The van der Waals surface area contributed by atoms with E-state index in [1.165, 1.54) is 11.9 Å². The molecule has 166 valence electrons. The Balaban J connectivity index is 1.27. The van der Waals surface area contributed by atoms with Crippen molar-refractivity contribution in [2.24, 2.45) is 5.92 Å². The van der Waals surface area contributed by atoms with Crippen molar-refractivity contribution in [2.75, 3.05) is 5.73 Å². The Bertz CT molecular complexity index is 1310. The molecular formula is C24H28N6O2. The van der Waals surface area contributed by atoms with Gasteiger partial charge in [-0.1, -0.05) is 0 Å². The van der Waals surface area contributed by atoms with Crippen molar-refractivity contribution >= 4 is 22.5 Å². The molecule has 1 aliphatic heterocycles. The SMILES string of the molecule is Cc1cn2ccc(CC[C@H]3C[C@@H](n4ccc5c(N)ncnc54)[C@@H]4OC(C)(C)O[C@H]34)cc2n1. The summed E-state index contributed by atoms with van der Waals surface area (Å²) in [7, 11) is 0. The van der Waals surface area contributed by atoms with Gasteiger partial charge in [0.25, 0.3) is 0 Å². The van der Waals surface area contributed by atoms with Gasteiger partial charge >= 0.3 is 0 Å². The van der Waals surface area contributed by atoms with Crippen LogP contribution in [0.2, 0.25) is 0 Å². The number of aryl methyl sites for hydroxylation is 2. The van der Waals surface area contributed by atoms with Crippen LogP contribution in [0.5, 0.6) is 0 Å². The van der Waals surface area contributed by atoms with Crippen LogP contribution in [0, 0.1) is 12.8 Å². The predicted molar refractivity (Wildman–Crippen MR) is 121 cm³/mol. The van der Waals surface area contributed by atoms with Gasteiger partial charge < -0.3 is 24.2 Å². The lowest BCUT2D eigenvalue weighted by atomic mass is 9.96. The molecule has 0 aromatic carbocycles. The van der Waals surface area contributed by atoms with Crippen LogP contribution in [-0.4, -0.2) is 41.9 Å². The van der Waals surface area contributed by atoms with Crippen molar-refractivity contribution in [3.8, 4) is 0 Å². The first-order valence-corrected chi connectivity index (χ1v) is 11.2. The highest BCUT2D eigenvalue weighted by Crippen LogP contribution is 2.49. The molecule has 1 saturated heterocycles. The maximum absolute atomic E-state index is 6.40. The average Bonchev–Trinajstić information content (AvgIpc) is 3.47. The molecule has 6 rings (SSSR count). The number of hydrogen-bond donors (Lipinski definition) is 1. The minimum atomic E-state index is -0.588. The van der Waals surface area contributed by atoms with Crippen LogP contribution in [0.1, 0.15) is 44.0 Å². The topological polar surface area (TPSA) is 92.5 Å². The minimum absolute atomic E-state index is 0.0146. The highest BCUT2D eigenvalue weighted by Gasteiger charge is 2.54. The normalized spacial score (nSPS) is 26.8. The lowest BCUT2D eigenvalue weighted by Crippen LogP contribution is -2.27. The molecule has 32 heavy (non-hydrogen) atoms. The average molecular weight is 433 g/mol. The van der Waals surface area contributed by atoms with Crippen LogP contribution in [-0.2, 0) is 15.9 Å². The van der Waals surface area contributed by atoms with E-state index in [1.54, 1.807) is 0 Å². The van der Waals surface area contributed by atoms with Crippen LogP contribution in [0.3, 0.4) is 0 Å². The molecule has 0 amide bonds. The van der Waals surface area contributed by atoms with Crippen LogP contribution in [0.25, 0.3) is 16.7 Å². The fraction of sp³-hybridized carbons (Fsp3) is 0.458. The van der Waals surface area contributed by atoms with E-state index < -0.39 is 5.79 Å². The van der Waals surface area contributed by atoms with Crippen molar-refractivity contribution < 1.29 is 9.47 Å². The van der Waals surface area contributed by atoms with Crippen LogP contribution >= 0.6 is 0 Å². The van der Waals surface area contributed by atoms with Gasteiger partial charge in [0, 0.05) is 18.6 Å². The summed E-state index contributed by atoms with van der Waals surface area (Å²) in [4.78, 5) is 13.2. The van der Waals surface area contributed by atoms with Crippen LogP contribution in [0.4, 0.5) is 5.82 Å². The smallest absolute Gasteiger partial charge is 0.163 e. The van der Waals surface area contributed by atoms with Crippen molar-refractivity contribution in [1.29, 1.82) is 0 Å². The quantitative estimate of drug-likeness (QED) is 0.529. The molecule has 4 aromatic heterocycles. The predicted octanol–water partition coefficient (Wildman–Crippen LogP) is 3.68. The summed E-state index contributed by atoms with van der Waals surface area (Å²) in [5.74, 6) is 0.310. The Morgan fingerprint density at radius 2 is 2.00 bits per heavy atom. The van der Waals surface area contributed by atoms with Gasteiger partial charge in [0.2, 0.25) is 0 Å². The lowest BCUT2D eigenvalue weighted by molar-refractivity contribution is -0.160. The fourth-order valence-corrected chi connectivity index (χ4v) is 5.53. The molecule has 5 heterocycles. The monoisotopic (exact) mass is 432 g/mol. The van der Waals surface area contributed by atoms with E-state index in [1.807, 2.05) is 26.8 Å². The number of fused-ring (bicyclic) bond motifs is 3. The van der Waals surface area contributed by atoms with Crippen LogP contribution in [0.15, 0.2) is 43.1 Å². The highest BCUT2D eigenvalue weighted by atomic mass is 16.8. The van der Waals surface area contributed by atoms with Gasteiger partial charge in [-0.25, -0.2) is 15.0 Å². The Morgan fingerprint density at radius 3 is 2.88 bits per heavy atom. The van der Waals surface area contributed by atoms with Gasteiger partial charge in [0.15, 0.2) is 5.79 Å². The third-order valence-corrected chi connectivity index (χ3v) is 6.90. The summed E-state index contributed by atoms with van der Waals surface area (Å²) >= 11 is 0. The fourth-order valence-electron chi connectivity index (χ4n) is 5.53. The molecule has 4 atom stereocenters. The molecule has 1 aliphatic carbocycles. The summed E-state index contributed by atoms with van der Waals surface area (Å²) in [6.07, 6.45) is 10.8. The van der Waals surface area contributed by atoms with E-state index in [0.717, 1.165) is 41.6 Å². The number of nitrogen functional groups attached to an aromatic ring is 1. The van der Waals surface area contributed by atoms with E-state index in [0.29, 0.717) is 11.7 Å². The second-order valence-corrected chi connectivity index (χ2v) is 9.57. The van der Waals surface area contributed by atoms with Gasteiger partial charge in [0.1, 0.15) is 29.5 Å². The zero-order chi connectivity index (χ0) is 22.0. The molecule has 8 nitrogen and oxygen atoms in total. The van der Waals surface area contributed by atoms with E-state index in [2.05, 4.69) is 54.6 Å². The number of nitrogens with zero attached hydrogens (tertiary/aromatic N) is 5. The zero-order valence-corrected chi connectivity index (χ0v) is 18.6. The number of nitrogens with two attached hydrogens (primary N) is 1. The van der Waals surface area contributed by atoms with Gasteiger partial charge in [-0.05, 0) is 69.7 Å². The molecule has 0 bridgehead atoms. The maximum atomic E-state index is 6.40. The van der Waals surface area contributed by atoms with Crippen molar-refractivity contribution in [1.82, 2.24) is 23.9 Å². The van der Waals surface area contributed by atoms with E-state index in [4.69, 9.17) is 15.2 Å². The number of aromatic nitrogens is 5. The van der Waals surface area contributed by atoms with E-state index >= 15 is 0 Å². The standard InChI is InChI=1S/C24H28N6O2/c1-14-12-29-8-6-15(10-19(29)28-14)4-5-16-11-18(21-20(16)31-24(2,3)32-21)30-9-7-17-22(25)26-13-27-23(17)30/h6-10,12-13,16,18,20-21H,4-5,11H2,1-3H3,(H2,25,26,27)/t16-,18+,20+,21-/m0/s1. The summed E-state index contributed by atoms with van der Waals surface area (Å²) in [5.41, 5.74) is 10.3. The highest BCUT2D eigenvalue weighted by molar-refractivity contribution is 5.86. The molecule has 1 saturated carbocycles. The number of pyridine rings is 1. The number of ether oxygens (including phenoxy) is 2. The zero-order valence-electron chi connectivity index (χ0n) is 18.6. The second-order valence-electron chi connectivity index (χ2n) is 9.57. The molecule has 8 heteroatoms. The summed E-state index contributed by atoms with van der Waals surface area (Å²) < 4.78 is 17.1. The molecule has 2 N–H and O–H groups in total. The summed E-state index contributed by atoms with van der Waals surface area (Å²) in [6, 6.07) is 6.52. The first kappa shape index (κ1) is 19.7. The first-order chi connectivity index (χ1) is 15.4. The Morgan fingerprint density at radius 1 is 1.16 bits per heavy atom. The second kappa shape index (κ2) is 7.02. The van der Waals surface area contributed by atoms with Crippen molar-refractivity contribution in [2.45, 2.75) is 64.1 Å². The van der Waals surface area contributed by atoms with Gasteiger partial charge in [0.05, 0.1) is 23.2 Å².